The van der Waals surface area contributed by atoms with Crippen LogP contribution in [0.2, 0.25) is 0 Å². The molecule has 8 aromatic carbocycles. The Morgan fingerprint density at radius 1 is 0.207 bits per heavy atom. The minimum atomic E-state index is 0.706. The van der Waals surface area contributed by atoms with Gasteiger partial charge in [0.15, 0.2) is 5.82 Å². The monoisotopic (exact) mass is 739 g/mol. The largest absolute Gasteiger partial charge is 0.248 e. The average molecular weight is 740 g/mol. The third-order valence-electron chi connectivity index (χ3n) is 10.7. The van der Waals surface area contributed by atoms with Crippen molar-refractivity contribution >= 4 is 10.8 Å². The topological polar surface area (TPSA) is 38.7 Å². The highest BCUT2D eigenvalue weighted by Gasteiger charge is 2.15. The van der Waals surface area contributed by atoms with Crippen LogP contribution in [0.5, 0.6) is 0 Å². The zero-order chi connectivity index (χ0) is 38.7. The van der Waals surface area contributed by atoms with E-state index in [-0.39, 0.29) is 0 Å². The van der Waals surface area contributed by atoms with Crippen LogP contribution in [0.3, 0.4) is 0 Å². The molecule has 0 fully saturated rings. The average Bonchev–Trinajstić information content (AvgIpc) is 3.32. The van der Waals surface area contributed by atoms with Crippen molar-refractivity contribution < 1.29 is 0 Å². The van der Waals surface area contributed by atoms with Crippen molar-refractivity contribution in [3.8, 4) is 89.8 Å². The molecule has 2 heterocycles. The molecule has 0 radical (unpaired) electrons. The van der Waals surface area contributed by atoms with Crippen LogP contribution in [0, 0.1) is 0 Å². The van der Waals surface area contributed by atoms with Crippen molar-refractivity contribution in [2.24, 2.45) is 0 Å². The number of nitrogens with zero attached hydrogens (tertiary/aromatic N) is 3. The molecule has 0 aliphatic carbocycles. The predicted molar refractivity (Wildman–Crippen MR) is 241 cm³/mol. The van der Waals surface area contributed by atoms with Gasteiger partial charge in [-0.2, -0.15) is 0 Å². The van der Waals surface area contributed by atoms with Crippen LogP contribution < -0.4 is 0 Å². The van der Waals surface area contributed by atoms with Crippen LogP contribution in [-0.2, 0) is 0 Å². The highest BCUT2D eigenvalue weighted by Crippen LogP contribution is 2.39. The van der Waals surface area contributed by atoms with Crippen molar-refractivity contribution in [1.82, 2.24) is 15.0 Å². The molecule has 10 aromatic rings. The summed E-state index contributed by atoms with van der Waals surface area (Å²) in [5.74, 6) is 0.706. The Labute approximate surface area is 338 Å². The fourth-order valence-corrected chi connectivity index (χ4v) is 7.80. The van der Waals surface area contributed by atoms with Gasteiger partial charge in [0.2, 0.25) is 0 Å². The van der Waals surface area contributed by atoms with Crippen LogP contribution in [0.15, 0.2) is 224 Å². The molecule has 3 nitrogen and oxygen atoms in total. The van der Waals surface area contributed by atoms with E-state index >= 15 is 0 Å². The molecule has 0 aliphatic heterocycles. The van der Waals surface area contributed by atoms with Crippen LogP contribution in [0.25, 0.3) is 101 Å². The number of rotatable bonds is 8. The Morgan fingerprint density at radius 3 is 1.07 bits per heavy atom. The van der Waals surface area contributed by atoms with E-state index < -0.39 is 0 Å². The molecule has 0 atom stereocenters. The van der Waals surface area contributed by atoms with Crippen LogP contribution in [0.4, 0.5) is 0 Å². The maximum absolute atomic E-state index is 5.22. The summed E-state index contributed by atoms with van der Waals surface area (Å²) in [4.78, 5) is 15.3. The van der Waals surface area contributed by atoms with Gasteiger partial charge in [0, 0.05) is 27.8 Å². The summed E-state index contributed by atoms with van der Waals surface area (Å²) >= 11 is 0. The van der Waals surface area contributed by atoms with Gasteiger partial charge in [-0.3, -0.25) is 0 Å². The first-order valence-electron chi connectivity index (χ1n) is 19.6. The predicted octanol–water partition coefficient (Wildman–Crippen LogP) is 14.4. The maximum Gasteiger partial charge on any atom is 0.160 e. The fraction of sp³-hybridized carbons (Fsp3) is 0. The SMILES string of the molecule is c1ccc(-c2cc(-c3ccccc3)nc(-c3cccc(-c4ccc(-c5cccc(-c6cc(-c7ccccc7)nc(-c7ccccc7)n6)c5)c5ccccc45)c3)c2)cc1. The number of pyridine rings is 1. The highest BCUT2D eigenvalue weighted by molar-refractivity contribution is 6.05. The summed E-state index contributed by atoms with van der Waals surface area (Å²) in [6.45, 7) is 0. The van der Waals surface area contributed by atoms with Crippen LogP contribution in [0.1, 0.15) is 0 Å². The van der Waals surface area contributed by atoms with Crippen molar-refractivity contribution in [3.05, 3.63) is 224 Å². The Bertz CT molecular complexity index is 2710. The van der Waals surface area contributed by atoms with Gasteiger partial charge in [-0.25, -0.2) is 15.0 Å². The Hall–Kier alpha value is -7.75. The number of benzene rings is 8. The Kier molecular flexibility index (Phi) is 9.23. The van der Waals surface area contributed by atoms with E-state index in [0.29, 0.717) is 5.82 Å². The first kappa shape index (κ1) is 34.7. The molecule has 0 aliphatic rings. The second kappa shape index (κ2) is 15.4. The van der Waals surface area contributed by atoms with Crippen molar-refractivity contribution in [1.29, 1.82) is 0 Å². The summed E-state index contributed by atoms with van der Waals surface area (Å²) in [7, 11) is 0. The minimum Gasteiger partial charge on any atom is -0.248 e. The molecular weight excluding hydrogens is 703 g/mol. The summed E-state index contributed by atoms with van der Waals surface area (Å²) in [6, 6.07) is 78.7. The molecule has 0 unspecified atom stereocenters. The van der Waals surface area contributed by atoms with Crippen molar-refractivity contribution in [2.75, 3.05) is 0 Å². The Morgan fingerprint density at radius 2 is 0.569 bits per heavy atom. The number of hydrogen-bond donors (Lipinski definition) is 0. The molecule has 0 bridgehead atoms. The third-order valence-corrected chi connectivity index (χ3v) is 10.7. The van der Waals surface area contributed by atoms with Gasteiger partial charge in [0.1, 0.15) is 0 Å². The normalized spacial score (nSPS) is 11.1. The lowest BCUT2D eigenvalue weighted by Gasteiger charge is -2.15. The maximum atomic E-state index is 5.22. The van der Waals surface area contributed by atoms with E-state index in [0.717, 1.165) is 72.8 Å². The van der Waals surface area contributed by atoms with Gasteiger partial charge >= 0.3 is 0 Å². The van der Waals surface area contributed by atoms with Crippen LogP contribution >= 0.6 is 0 Å². The molecule has 0 spiro atoms. The molecule has 0 N–H and O–H groups in total. The summed E-state index contributed by atoms with van der Waals surface area (Å²) in [6.07, 6.45) is 0. The second-order valence-electron chi connectivity index (χ2n) is 14.4. The number of hydrogen-bond acceptors (Lipinski definition) is 3. The van der Waals surface area contributed by atoms with E-state index in [1.54, 1.807) is 0 Å². The van der Waals surface area contributed by atoms with E-state index in [9.17, 15) is 0 Å². The minimum absolute atomic E-state index is 0.706. The van der Waals surface area contributed by atoms with Gasteiger partial charge in [0.05, 0.1) is 22.8 Å². The smallest absolute Gasteiger partial charge is 0.160 e. The summed E-state index contributed by atoms with van der Waals surface area (Å²) in [5.41, 5.74) is 15.8. The molecule has 3 heteroatoms. The molecule has 2 aromatic heterocycles. The molecule has 58 heavy (non-hydrogen) atoms. The molecule has 10 rings (SSSR count). The lowest BCUT2D eigenvalue weighted by atomic mass is 9.90. The second-order valence-corrected chi connectivity index (χ2v) is 14.4. The van der Waals surface area contributed by atoms with Crippen molar-refractivity contribution in [2.45, 2.75) is 0 Å². The van der Waals surface area contributed by atoms with Gasteiger partial charge in [-0.05, 0) is 74.5 Å². The lowest BCUT2D eigenvalue weighted by molar-refractivity contribution is 1.18. The molecule has 0 saturated carbocycles. The lowest BCUT2D eigenvalue weighted by Crippen LogP contribution is -1.96. The van der Waals surface area contributed by atoms with E-state index in [2.05, 4.69) is 182 Å². The zero-order valence-corrected chi connectivity index (χ0v) is 31.7. The number of fused-ring (bicyclic) bond motifs is 1. The standard InChI is InChI=1S/C55H37N3/c1-5-17-38(18-6-1)46-35-51(39-19-7-2-8-20-39)56-52(36-46)44-27-15-25-42(33-44)47-31-32-48(50-30-14-13-29-49(47)50)43-26-16-28-45(34-43)54-37-53(40-21-9-3-10-22-40)57-55(58-54)41-23-11-4-12-24-41/h1-37H. The van der Waals surface area contributed by atoms with E-state index in [1.165, 1.54) is 21.9 Å². The van der Waals surface area contributed by atoms with Gasteiger partial charge in [-0.15, -0.1) is 0 Å². The fourth-order valence-electron chi connectivity index (χ4n) is 7.80. The van der Waals surface area contributed by atoms with E-state index in [4.69, 9.17) is 15.0 Å². The summed E-state index contributed by atoms with van der Waals surface area (Å²) in [5, 5.41) is 2.38. The molecule has 272 valence electrons. The van der Waals surface area contributed by atoms with Crippen molar-refractivity contribution in [3.63, 3.8) is 0 Å². The van der Waals surface area contributed by atoms with Crippen LogP contribution in [-0.4, -0.2) is 15.0 Å². The van der Waals surface area contributed by atoms with E-state index in [1.807, 2.05) is 42.5 Å². The van der Waals surface area contributed by atoms with Gasteiger partial charge in [-0.1, -0.05) is 194 Å². The first-order chi connectivity index (χ1) is 28.7. The third kappa shape index (κ3) is 6.98. The Balaban J connectivity index is 1.05. The van der Waals surface area contributed by atoms with Gasteiger partial charge in [0.25, 0.3) is 0 Å². The molecule has 0 amide bonds. The summed E-state index contributed by atoms with van der Waals surface area (Å²) < 4.78 is 0. The quantitative estimate of drug-likeness (QED) is 0.156. The first-order valence-corrected chi connectivity index (χ1v) is 19.6. The highest BCUT2D eigenvalue weighted by atomic mass is 14.9. The molecular formula is C55H37N3. The molecule has 0 saturated heterocycles. The number of aromatic nitrogens is 3. The zero-order valence-electron chi connectivity index (χ0n) is 31.7. The van der Waals surface area contributed by atoms with Gasteiger partial charge < -0.3 is 0 Å².